The third-order valence-electron chi connectivity index (χ3n) is 3.16. The number of hydrogen-bond acceptors (Lipinski definition) is 5. The monoisotopic (exact) mass is 372 g/mol. The molecule has 1 amide bonds. The summed E-state index contributed by atoms with van der Waals surface area (Å²) < 4.78 is 0.518. The van der Waals surface area contributed by atoms with E-state index in [-0.39, 0.29) is 22.6 Å². The Bertz CT molecular complexity index is 608. The number of benzene rings is 1. The lowest BCUT2D eigenvalue weighted by Gasteiger charge is -2.18. The first kappa shape index (κ1) is 16.0. The fourth-order valence-corrected chi connectivity index (χ4v) is 3.46. The Morgan fingerprint density at radius 1 is 1.57 bits per heavy atom. The molecule has 0 bridgehead atoms. The zero-order valence-corrected chi connectivity index (χ0v) is 13.6. The first-order valence-corrected chi connectivity index (χ1v) is 8.04. The summed E-state index contributed by atoms with van der Waals surface area (Å²) in [5, 5.41) is 10.8. The average molecular weight is 373 g/mol. The van der Waals surface area contributed by atoms with Crippen molar-refractivity contribution in [3.05, 3.63) is 32.8 Å². The highest BCUT2D eigenvalue weighted by Gasteiger charge is 2.32. The fraction of sp³-hybridized carbons (Fsp3) is 0.385. The van der Waals surface area contributed by atoms with Gasteiger partial charge < -0.3 is 4.90 Å². The average Bonchev–Trinajstić information content (AvgIpc) is 2.77. The largest absolute Gasteiger partial charge is 0.311 e. The Morgan fingerprint density at radius 2 is 2.29 bits per heavy atom. The molecular weight excluding hydrogens is 360 g/mol. The van der Waals surface area contributed by atoms with E-state index in [2.05, 4.69) is 15.9 Å². The summed E-state index contributed by atoms with van der Waals surface area (Å²) in [7, 11) is 0. The molecule has 1 aromatic rings. The minimum absolute atomic E-state index is 0.0269. The molecular formula is C13H13BrN2O4S. The lowest BCUT2D eigenvalue weighted by molar-refractivity contribution is -0.384. The van der Waals surface area contributed by atoms with Crippen LogP contribution in [0.5, 0.6) is 0 Å². The van der Waals surface area contributed by atoms with Crippen molar-refractivity contribution >= 4 is 50.1 Å². The molecule has 1 fully saturated rings. The number of nitrogens with zero attached hydrogens (tertiary/aromatic N) is 2. The van der Waals surface area contributed by atoms with Gasteiger partial charge in [-0.15, -0.1) is 0 Å². The Morgan fingerprint density at radius 3 is 2.86 bits per heavy atom. The van der Waals surface area contributed by atoms with Crippen LogP contribution in [0.15, 0.2) is 22.7 Å². The van der Waals surface area contributed by atoms with Crippen LogP contribution in [0.4, 0.5) is 11.4 Å². The van der Waals surface area contributed by atoms with E-state index >= 15 is 0 Å². The second-order valence-electron chi connectivity index (χ2n) is 4.77. The summed E-state index contributed by atoms with van der Waals surface area (Å²) in [6, 6.07) is 4.34. The third-order valence-corrected chi connectivity index (χ3v) is 4.84. The van der Waals surface area contributed by atoms with Gasteiger partial charge in [0, 0.05) is 42.2 Å². The second kappa shape index (κ2) is 6.57. The molecule has 8 heteroatoms. The number of nitro benzene ring substituents is 1. The minimum Gasteiger partial charge on any atom is -0.311 e. The van der Waals surface area contributed by atoms with E-state index in [0.29, 0.717) is 28.9 Å². The smallest absolute Gasteiger partial charge is 0.270 e. The van der Waals surface area contributed by atoms with Crippen LogP contribution in [0.1, 0.15) is 13.3 Å². The van der Waals surface area contributed by atoms with Crippen molar-refractivity contribution in [2.24, 2.45) is 5.92 Å². The van der Waals surface area contributed by atoms with Gasteiger partial charge in [-0.05, 0) is 27.9 Å². The molecule has 0 saturated carbocycles. The summed E-state index contributed by atoms with van der Waals surface area (Å²) >= 11 is 4.50. The van der Waals surface area contributed by atoms with Crippen LogP contribution in [0.2, 0.25) is 0 Å². The van der Waals surface area contributed by atoms with Crippen molar-refractivity contribution < 1.29 is 14.5 Å². The van der Waals surface area contributed by atoms with Crippen molar-refractivity contribution in [3.8, 4) is 0 Å². The van der Waals surface area contributed by atoms with Gasteiger partial charge in [0.05, 0.1) is 10.6 Å². The van der Waals surface area contributed by atoms with Gasteiger partial charge in [-0.1, -0.05) is 11.8 Å². The highest BCUT2D eigenvalue weighted by Crippen LogP contribution is 2.34. The maximum Gasteiger partial charge on any atom is 0.270 e. The number of carbonyl (C=O) groups excluding carboxylic acids is 2. The summed E-state index contributed by atoms with van der Waals surface area (Å²) in [4.78, 5) is 34.9. The number of hydrogen-bond donors (Lipinski definition) is 0. The molecule has 1 aliphatic rings. The van der Waals surface area contributed by atoms with Gasteiger partial charge in [0.25, 0.3) is 5.69 Å². The number of carbonyl (C=O) groups is 2. The van der Waals surface area contributed by atoms with E-state index in [0.717, 1.165) is 0 Å². The Balaban J connectivity index is 2.13. The van der Waals surface area contributed by atoms with Crippen molar-refractivity contribution in [2.75, 3.05) is 17.2 Å². The molecule has 1 aromatic carbocycles. The van der Waals surface area contributed by atoms with Crippen LogP contribution < -0.4 is 4.90 Å². The number of halogens is 1. The number of non-ortho nitro benzene ring substituents is 1. The first-order valence-electron chi connectivity index (χ1n) is 6.26. The molecule has 1 saturated heterocycles. The third kappa shape index (κ3) is 3.82. The molecule has 0 aromatic heterocycles. The lowest BCUT2D eigenvalue weighted by Crippen LogP contribution is -2.25. The van der Waals surface area contributed by atoms with Gasteiger partial charge in [-0.25, -0.2) is 0 Å². The standard InChI is InChI=1S/C13H13BrN2O4S/c1-8(17)21-7-9-4-13(18)15(6-9)12-3-2-10(16(19)20)5-11(12)14/h2-3,5,9H,4,6-7H2,1H3. The summed E-state index contributed by atoms with van der Waals surface area (Å²) in [5.41, 5.74) is 0.599. The first-order chi connectivity index (χ1) is 9.88. The highest BCUT2D eigenvalue weighted by molar-refractivity contribution is 9.10. The number of amides is 1. The molecule has 0 aliphatic carbocycles. The molecule has 112 valence electrons. The van der Waals surface area contributed by atoms with Crippen LogP contribution >= 0.6 is 27.7 Å². The molecule has 1 aliphatic heterocycles. The Kier molecular flexibility index (Phi) is 5.00. The number of rotatable bonds is 4. The lowest BCUT2D eigenvalue weighted by atomic mass is 10.1. The fourth-order valence-electron chi connectivity index (χ4n) is 2.19. The summed E-state index contributed by atoms with van der Waals surface area (Å²) in [5.74, 6) is 0.703. The molecule has 1 atom stereocenters. The predicted molar refractivity (Wildman–Crippen MR) is 84.4 cm³/mol. The van der Waals surface area contributed by atoms with E-state index in [1.165, 1.54) is 30.8 Å². The summed E-state index contributed by atoms with van der Waals surface area (Å²) in [6.07, 6.45) is 0.393. The van der Waals surface area contributed by atoms with E-state index in [4.69, 9.17) is 0 Å². The maximum absolute atomic E-state index is 12.1. The Hall–Kier alpha value is -1.41. The van der Waals surface area contributed by atoms with Crippen molar-refractivity contribution in [1.82, 2.24) is 0 Å². The van der Waals surface area contributed by atoms with Crippen LogP contribution in [0, 0.1) is 16.0 Å². The van der Waals surface area contributed by atoms with Gasteiger partial charge >= 0.3 is 0 Å². The molecule has 1 heterocycles. The number of anilines is 1. The highest BCUT2D eigenvalue weighted by atomic mass is 79.9. The van der Waals surface area contributed by atoms with Crippen LogP contribution in [-0.4, -0.2) is 28.2 Å². The van der Waals surface area contributed by atoms with Gasteiger partial charge in [-0.2, -0.15) is 0 Å². The predicted octanol–water partition coefficient (Wildman–Crippen LogP) is 2.99. The second-order valence-corrected chi connectivity index (χ2v) is 6.82. The summed E-state index contributed by atoms with van der Waals surface area (Å²) in [6.45, 7) is 2.03. The molecule has 0 N–H and O–H groups in total. The molecule has 0 radical (unpaired) electrons. The van der Waals surface area contributed by atoms with Gasteiger partial charge in [-0.3, -0.25) is 19.7 Å². The molecule has 0 spiro atoms. The molecule has 1 unspecified atom stereocenters. The van der Waals surface area contributed by atoms with Crippen molar-refractivity contribution in [1.29, 1.82) is 0 Å². The zero-order valence-electron chi connectivity index (χ0n) is 11.2. The number of nitro groups is 1. The molecule has 6 nitrogen and oxygen atoms in total. The van der Waals surface area contributed by atoms with Crippen molar-refractivity contribution in [3.63, 3.8) is 0 Å². The zero-order chi connectivity index (χ0) is 15.6. The van der Waals surface area contributed by atoms with Crippen molar-refractivity contribution in [2.45, 2.75) is 13.3 Å². The van der Waals surface area contributed by atoms with Crippen LogP contribution in [0.3, 0.4) is 0 Å². The SMILES string of the molecule is CC(=O)SCC1CC(=O)N(c2ccc([N+](=O)[O-])cc2Br)C1. The van der Waals surface area contributed by atoms with Gasteiger partial charge in [0.15, 0.2) is 5.12 Å². The van der Waals surface area contributed by atoms with Crippen LogP contribution in [-0.2, 0) is 9.59 Å². The van der Waals surface area contributed by atoms with Crippen LogP contribution in [0.25, 0.3) is 0 Å². The van der Waals surface area contributed by atoms with Gasteiger partial charge in [0.2, 0.25) is 5.91 Å². The van der Waals surface area contributed by atoms with Gasteiger partial charge in [0.1, 0.15) is 0 Å². The minimum atomic E-state index is -0.480. The maximum atomic E-state index is 12.1. The van der Waals surface area contributed by atoms with E-state index in [1.54, 1.807) is 11.0 Å². The molecule has 2 rings (SSSR count). The topological polar surface area (TPSA) is 80.5 Å². The number of thioether (sulfide) groups is 1. The molecule has 21 heavy (non-hydrogen) atoms. The Labute approximate surface area is 134 Å². The normalized spacial score (nSPS) is 18.1. The van der Waals surface area contributed by atoms with E-state index < -0.39 is 4.92 Å². The van der Waals surface area contributed by atoms with E-state index in [9.17, 15) is 19.7 Å². The quantitative estimate of drug-likeness (QED) is 0.599. The van der Waals surface area contributed by atoms with E-state index in [1.807, 2.05) is 0 Å².